The smallest absolute Gasteiger partial charge is 0.253 e. The lowest BCUT2D eigenvalue weighted by molar-refractivity contribution is -0.129. The van der Waals surface area contributed by atoms with Crippen molar-refractivity contribution in [3.8, 4) is 0 Å². The maximum atomic E-state index is 12.1. The highest BCUT2D eigenvalue weighted by Gasteiger charge is 2.16. The first-order valence-electron chi connectivity index (χ1n) is 8.45. The Morgan fingerprint density at radius 1 is 1.04 bits per heavy atom. The molecule has 24 heavy (non-hydrogen) atoms. The number of carbonyl (C=O) groups is 1. The summed E-state index contributed by atoms with van der Waals surface area (Å²) in [4.78, 5) is 14.4. The molecule has 4 heteroatoms. The molecule has 128 valence electrons. The molecule has 0 aliphatic rings. The lowest BCUT2D eigenvalue weighted by atomic mass is 10.1. The summed E-state index contributed by atoms with van der Waals surface area (Å²) in [6.07, 6.45) is -1.13. The van der Waals surface area contributed by atoms with Crippen LogP contribution in [-0.4, -0.2) is 29.0 Å². The van der Waals surface area contributed by atoms with Gasteiger partial charge in [0.25, 0.3) is 5.91 Å². The third-order valence-electron chi connectivity index (χ3n) is 4.12. The molecule has 0 aromatic heterocycles. The lowest BCUT2D eigenvalue weighted by Gasteiger charge is -2.18. The Bertz CT molecular complexity index is 639. The Morgan fingerprint density at radius 2 is 1.71 bits per heavy atom. The summed E-state index contributed by atoms with van der Waals surface area (Å²) in [5, 5.41) is 12.9. The Morgan fingerprint density at radius 3 is 2.38 bits per heavy atom. The van der Waals surface area contributed by atoms with Gasteiger partial charge in [-0.2, -0.15) is 0 Å². The molecule has 1 atom stereocenters. The van der Waals surface area contributed by atoms with Crippen LogP contribution in [0.15, 0.2) is 54.6 Å². The van der Waals surface area contributed by atoms with E-state index in [1.807, 2.05) is 30.3 Å². The largest absolute Gasteiger partial charge is 0.378 e. The molecule has 0 spiro atoms. The van der Waals surface area contributed by atoms with Crippen LogP contribution in [0.5, 0.6) is 0 Å². The van der Waals surface area contributed by atoms with E-state index in [0.29, 0.717) is 12.1 Å². The summed E-state index contributed by atoms with van der Waals surface area (Å²) in [5.41, 5.74) is 2.87. The minimum atomic E-state index is -1.13. The Labute approximate surface area is 144 Å². The second kappa shape index (κ2) is 9.21. The third kappa shape index (κ3) is 5.18. The Hall–Kier alpha value is -2.17. The van der Waals surface area contributed by atoms with Crippen molar-refractivity contribution < 1.29 is 9.90 Å². The number of carbonyl (C=O) groups excluding carboxylic acids is 1. The van der Waals surface area contributed by atoms with E-state index in [9.17, 15) is 9.90 Å². The zero-order chi connectivity index (χ0) is 17.4. The average molecular weight is 326 g/mol. The summed E-state index contributed by atoms with van der Waals surface area (Å²) in [6.45, 7) is 7.65. The number of aliphatic hydroxyl groups excluding tert-OH is 1. The van der Waals surface area contributed by atoms with E-state index in [1.165, 1.54) is 5.56 Å². The minimum absolute atomic E-state index is 0.379. The van der Waals surface area contributed by atoms with Crippen LogP contribution in [0.4, 0.5) is 0 Å². The first-order valence-corrected chi connectivity index (χ1v) is 8.45. The molecule has 0 heterocycles. The van der Waals surface area contributed by atoms with Crippen molar-refractivity contribution in [2.75, 3.05) is 13.1 Å². The third-order valence-corrected chi connectivity index (χ3v) is 4.12. The highest BCUT2D eigenvalue weighted by atomic mass is 16.3. The SMILES string of the molecule is CCN(CC)Cc1cccc(CNC(=O)C(O)c2ccccc2)c1. The van der Waals surface area contributed by atoms with Crippen molar-refractivity contribution in [3.63, 3.8) is 0 Å². The predicted molar refractivity (Wildman–Crippen MR) is 96.3 cm³/mol. The predicted octanol–water partition coefficient (Wildman–Crippen LogP) is 2.88. The van der Waals surface area contributed by atoms with E-state index in [2.05, 4.69) is 36.2 Å². The molecule has 2 aromatic rings. The number of hydrogen-bond donors (Lipinski definition) is 2. The van der Waals surface area contributed by atoms with Gasteiger partial charge in [0, 0.05) is 13.1 Å². The van der Waals surface area contributed by atoms with Crippen LogP contribution in [0.25, 0.3) is 0 Å². The van der Waals surface area contributed by atoms with E-state index in [-0.39, 0.29) is 5.91 Å². The zero-order valence-corrected chi connectivity index (χ0v) is 14.4. The number of benzene rings is 2. The van der Waals surface area contributed by atoms with E-state index in [0.717, 1.165) is 25.2 Å². The van der Waals surface area contributed by atoms with Gasteiger partial charge in [0.05, 0.1) is 0 Å². The monoisotopic (exact) mass is 326 g/mol. The van der Waals surface area contributed by atoms with Gasteiger partial charge in [-0.05, 0) is 29.8 Å². The number of rotatable bonds is 8. The second-order valence-electron chi connectivity index (χ2n) is 5.81. The molecule has 0 fully saturated rings. The van der Waals surface area contributed by atoms with Crippen LogP contribution in [0, 0.1) is 0 Å². The van der Waals surface area contributed by atoms with Gasteiger partial charge in [-0.3, -0.25) is 9.69 Å². The molecule has 0 aliphatic carbocycles. The van der Waals surface area contributed by atoms with Crippen LogP contribution < -0.4 is 5.32 Å². The van der Waals surface area contributed by atoms with E-state index in [1.54, 1.807) is 12.1 Å². The van der Waals surface area contributed by atoms with Gasteiger partial charge in [-0.25, -0.2) is 0 Å². The lowest BCUT2D eigenvalue weighted by Crippen LogP contribution is -2.29. The molecule has 0 aliphatic heterocycles. The highest BCUT2D eigenvalue weighted by molar-refractivity contribution is 5.81. The van der Waals surface area contributed by atoms with Gasteiger partial charge >= 0.3 is 0 Å². The number of amides is 1. The van der Waals surface area contributed by atoms with Crippen molar-refractivity contribution in [2.45, 2.75) is 33.0 Å². The number of hydrogen-bond acceptors (Lipinski definition) is 3. The summed E-state index contributed by atoms with van der Waals surface area (Å²) >= 11 is 0. The maximum Gasteiger partial charge on any atom is 0.253 e. The fourth-order valence-electron chi connectivity index (χ4n) is 2.62. The fraction of sp³-hybridized carbons (Fsp3) is 0.350. The standard InChI is InChI=1S/C20H26N2O2/c1-3-22(4-2)15-17-10-8-9-16(13-17)14-21-20(24)19(23)18-11-6-5-7-12-18/h5-13,19,23H,3-4,14-15H2,1-2H3,(H,21,24). The van der Waals surface area contributed by atoms with Gasteiger partial charge in [0.2, 0.25) is 0 Å². The molecule has 0 bridgehead atoms. The van der Waals surface area contributed by atoms with Gasteiger partial charge in [0.15, 0.2) is 6.10 Å². The van der Waals surface area contributed by atoms with Crippen molar-refractivity contribution in [1.82, 2.24) is 10.2 Å². The van der Waals surface area contributed by atoms with Crippen molar-refractivity contribution in [1.29, 1.82) is 0 Å². The van der Waals surface area contributed by atoms with Gasteiger partial charge in [0.1, 0.15) is 0 Å². The molecule has 4 nitrogen and oxygen atoms in total. The maximum absolute atomic E-state index is 12.1. The minimum Gasteiger partial charge on any atom is -0.378 e. The van der Waals surface area contributed by atoms with Crippen LogP contribution in [-0.2, 0) is 17.9 Å². The molecule has 1 amide bonds. The summed E-state index contributed by atoms with van der Waals surface area (Å²) in [5.74, 6) is -0.379. The molecule has 0 radical (unpaired) electrons. The topological polar surface area (TPSA) is 52.6 Å². The van der Waals surface area contributed by atoms with E-state index >= 15 is 0 Å². The summed E-state index contributed by atoms with van der Waals surface area (Å²) in [6, 6.07) is 17.2. The molecule has 2 N–H and O–H groups in total. The first-order chi connectivity index (χ1) is 11.6. The molecular formula is C20H26N2O2. The molecular weight excluding hydrogens is 300 g/mol. The second-order valence-corrected chi connectivity index (χ2v) is 5.81. The van der Waals surface area contributed by atoms with Gasteiger partial charge in [-0.15, -0.1) is 0 Å². The van der Waals surface area contributed by atoms with Crippen molar-refractivity contribution in [3.05, 3.63) is 71.3 Å². The average Bonchev–Trinajstić information content (AvgIpc) is 2.64. The van der Waals surface area contributed by atoms with Crippen LogP contribution in [0.2, 0.25) is 0 Å². The summed E-state index contributed by atoms with van der Waals surface area (Å²) < 4.78 is 0. The van der Waals surface area contributed by atoms with Crippen molar-refractivity contribution in [2.24, 2.45) is 0 Å². The first kappa shape index (κ1) is 18.2. The summed E-state index contributed by atoms with van der Waals surface area (Å²) in [7, 11) is 0. The van der Waals surface area contributed by atoms with E-state index in [4.69, 9.17) is 0 Å². The highest BCUT2D eigenvalue weighted by Crippen LogP contribution is 2.13. The van der Waals surface area contributed by atoms with Crippen LogP contribution >= 0.6 is 0 Å². The van der Waals surface area contributed by atoms with Crippen LogP contribution in [0.3, 0.4) is 0 Å². The quantitative estimate of drug-likeness (QED) is 0.784. The Kier molecular flexibility index (Phi) is 6.97. The molecule has 0 saturated heterocycles. The van der Waals surface area contributed by atoms with Gasteiger partial charge in [-0.1, -0.05) is 68.4 Å². The number of aliphatic hydroxyl groups is 1. The molecule has 0 saturated carbocycles. The normalized spacial score (nSPS) is 12.2. The number of nitrogens with one attached hydrogen (secondary N) is 1. The molecule has 1 unspecified atom stereocenters. The van der Waals surface area contributed by atoms with Crippen molar-refractivity contribution >= 4 is 5.91 Å². The van der Waals surface area contributed by atoms with Gasteiger partial charge < -0.3 is 10.4 Å². The zero-order valence-electron chi connectivity index (χ0n) is 14.4. The fourth-order valence-corrected chi connectivity index (χ4v) is 2.62. The molecule has 2 aromatic carbocycles. The Balaban J connectivity index is 1.93. The molecule has 2 rings (SSSR count). The number of nitrogens with zero attached hydrogens (tertiary/aromatic N) is 1. The van der Waals surface area contributed by atoms with Crippen LogP contribution in [0.1, 0.15) is 36.6 Å². The van der Waals surface area contributed by atoms with E-state index < -0.39 is 6.10 Å².